The molecule has 0 spiro atoms. The van der Waals surface area contributed by atoms with Gasteiger partial charge in [-0.1, -0.05) is 11.3 Å². The smallest absolute Gasteiger partial charge is 0.350 e. The van der Waals surface area contributed by atoms with Crippen LogP contribution in [0.4, 0.5) is 15.7 Å². The van der Waals surface area contributed by atoms with E-state index in [0.717, 1.165) is 11.3 Å². The van der Waals surface area contributed by atoms with E-state index in [1.165, 1.54) is 18.6 Å². The Bertz CT molecular complexity index is 644. The van der Waals surface area contributed by atoms with E-state index < -0.39 is 12.0 Å². The number of esters is 1. The number of carbonyl (C=O) groups excluding carboxylic acids is 2. The molecule has 0 aliphatic heterocycles. The molecule has 0 unspecified atom stereocenters. The zero-order chi connectivity index (χ0) is 15.2. The molecule has 0 aliphatic carbocycles. The van der Waals surface area contributed by atoms with E-state index in [9.17, 15) is 9.59 Å². The van der Waals surface area contributed by atoms with Crippen LogP contribution in [0.5, 0.6) is 0 Å². The fraction of sp³-hybridized carbons (Fsp3) is 0.250. The molecule has 0 bridgehead atoms. The third-order valence-electron chi connectivity index (χ3n) is 2.28. The van der Waals surface area contributed by atoms with Crippen molar-refractivity contribution < 1.29 is 14.3 Å². The monoisotopic (exact) mass is 307 g/mol. The van der Waals surface area contributed by atoms with Crippen molar-refractivity contribution in [2.75, 3.05) is 17.2 Å². The number of thiazole rings is 1. The van der Waals surface area contributed by atoms with Crippen LogP contribution in [0.2, 0.25) is 0 Å². The van der Waals surface area contributed by atoms with Crippen LogP contribution in [0.15, 0.2) is 18.6 Å². The molecule has 2 aromatic rings. The molecule has 0 aliphatic rings. The summed E-state index contributed by atoms with van der Waals surface area (Å²) in [4.78, 5) is 35.6. The average molecular weight is 307 g/mol. The van der Waals surface area contributed by atoms with Gasteiger partial charge in [0, 0.05) is 12.4 Å². The van der Waals surface area contributed by atoms with Crippen LogP contribution >= 0.6 is 11.3 Å². The van der Waals surface area contributed by atoms with E-state index >= 15 is 0 Å². The van der Waals surface area contributed by atoms with Crippen LogP contribution in [0.25, 0.3) is 0 Å². The molecule has 0 saturated carbocycles. The maximum atomic E-state index is 11.8. The van der Waals surface area contributed by atoms with Gasteiger partial charge in [-0.05, 0) is 13.8 Å². The minimum atomic E-state index is -0.514. The highest BCUT2D eigenvalue weighted by molar-refractivity contribution is 7.17. The number of nitrogens with zero attached hydrogens (tertiary/aromatic N) is 3. The summed E-state index contributed by atoms with van der Waals surface area (Å²) in [6.07, 6.45) is 4.37. The van der Waals surface area contributed by atoms with E-state index in [1.807, 2.05) is 0 Å². The molecular formula is C12H13N5O3S. The minimum Gasteiger partial charge on any atom is -0.462 e. The number of nitrogens with one attached hydrogen (secondary N) is 2. The van der Waals surface area contributed by atoms with E-state index in [1.54, 1.807) is 13.8 Å². The zero-order valence-electron chi connectivity index (χ0n) is 11.4. The number of amides is 2. The molecule has 8 nitrogen and oxygen atoms in total. The molecule has 0 saturated heterocycles. The molecule has 2 amide bonds. The fourth-order valence-corrected chi connectivity index (χ4v) is 2.30. The largest absolute Gasteiger partial charge is 0.462 e. The number of aromatic nitrogens is 3. The Balaban J connectivity index is 2.01. The van der Waals surface area contributed by atoms with Crippen molar-refractivity contribution in [2.24, 2.45) is 0 Å². The number of hydrogen-bond acceptors (Lipinski definition) is 7. The summed E-state index contributed by atoms with van der Waals surface area (Å²) in [5.41, 5.74) is 0.508. The van der Waals surface area contributed by atoms with Crippen LogP contribution in [-0.2, 0) is 4.74 Å². The molecule has 21 heavy (non-hydrogen) atoms. The van der Waals surface area contributed by atoms with Crippen molar-refractivity contribution in [1.82, 2.24) is 15.0 Å². The number of carbonyl (C=O) groups is 2. The first-order valence-corrected chi connectivity index (χ1v) is 6.90. The number of urea groups is 1. The van der Waals surface area contributed by atoms with Crippen LogP contribution in [0.3, 0.4) is 0 Å². The van der Waals surface area contributed by atoms with Gasteiger partial charge < -0.3 is 4.74 Å². The van der Waals surface area contributed by atoms with Gasteiger partial charge in [-0.3, -0.25) is 15.6 Å². The number of aryl methyl sites for hydroxylation is 1. The van der Waals surface area contributed by atoms with Crippen molar-refractivity contribution in [1.29, 1.82) is 0 Å². The maximum absolute atomic E-state index is 11.8. The molecule has 0 aromatic carbocycles. The second-order valence-corrected chi connectivity index (χ2v) is 4.82. The highest BCUT2D eigenvalue weighted by Gasteiger charge is 2.17. The van der Waals surface area contributed by atoms with Gasteiger partial charge in [-0.15, -0.1) is 0 Å². The summed E-state index contributed by atoms with van der Waals surface area (Å²) in [6, 6.07) is -0.514. The van der Waals surface area contributed by atoms with Crippen molar-refractivity contribution in [2.45, 2.75) is 13.8 Å². The first kappa shape index (κ1) is 14.9. The number of anilines is 2. The summed E-state index contributed by atoms with van der Waals surface area (Å²) >= 11 is 1.05. The maximum Gasteiger partial charge on any atom is 0.350 e. The lowest BCUT2D eigenvalue weighted by Gasteiger charge is -2.03. The second-order valence-electron chi connectivity index (χ2n) is 3.82. The quantitative estimate of drug-likeness (QED) is 0.837. The Labute approximate surface area is 124 Å². The van der Waals surface area contributed by atoms with Crippen molar-refractivity contribution in [3.8, 4) is 0 Å². The van der Waals surface area contributed by atoms with Crippen molar-refractivity contribution >= 4 is 34.3 Å². The molecule has 2 aromatic heterocycles. The Hall–Kier alpha value is -2.55. The van der Waals surface area contributed by atoms with Crippen LogP contribution in [0, 0.1) is 6.92 Å². The van der Waals surface area contributed by atoms with Gasteiger partial charge in [0.1, 0.15) is 4.88 Å². The lowest BCUT2D eigenvalue weighted by molar-refractivity contribution is 0.0531. The molecular weight excluding hydrogens is 294 g/mol. The predicted molar refractivity (Wildman–Crippen MR) is 77.5 cm³/mol. The Kier molecular flexibility index (Phi) is 4.77. The molecule has 2 heterocycles. The standard InChI is InChI=1S/C12H13N5O3S/c1-3-20-10(18)9-7(2)15-12(21-9)17-11(19)16-8-6-13-4-5-14-8/h4-6H,3H2,1-2H3,(H2,14,15,16,17,19). The highest BCUT2D eigenvalue weighted by Crippen LogP contribution is 2.23. The third kappa shape index (κ3) is 3.96. The Morgan fingerprint density at radius 1 is 1.33 bits per heavy atom. The lowest BCUT2D eigenvalue weighted by atomic mass is 10.4. The van der Waals surface area contributed by atoms with Gasteiger partial charge in [0.15, 0.2) is 10.9 Å². The summed E-state index contributed by atoms with van der Waals surface area (Å²) < 4.78 is 4.91. The van der Waals surface area contributed by atoms with E-state index in [-0.39, 0.29) is 6.61 Å². The SMILES string of the molecule is CCOC(=O)c1sc(NC(=O)Nc2cnccn2)nc1C. The summed E-state index contributed by atoms with van der Waals surface area (Å²) in [7, 11) is 0. The van der Waals surface area contributed by atoms with Gasteiger partial charge in [0.25, 0.3) is 0 Å². The van der Waals surface area contributed by atoms with Gasteiger partial charge in [0.2, 0.25) is 0 Å². The number of rotatable bonds is 4. The Morgan fingerprint density at radius 2 is 2.14 bits per heavy atom. The van der Waals surface area contributed by atoms with Crippen LogP contribution in [-0.4, -0.2) is 33.6 Å². The van der Waals surface area contributed by atoms with E-state index in [0.29, 0.717) is 21.5 Å². The van der Waals surface area contributed by atoms with Crippen LogP contribution in [0.1, 0.15) is 22.3 Å². The Morgan fingerprint density at radius 3 is 2.81 bits per heavy atom. The zero-order valence-corrected chi connectivity index (χ0v) is 12.2. The van der Waals surface area contributed by atoms with Crippen molar-refractivity contribution in [3.05, 3.63) is 29.2 Å². The number of hydrogen-bond donors (Lipinski definition) is 2. The molecule has 110 valence electrons. The first-order valence-electron chi connectivity index (χ1n) is 6.08. The molecule has 0 fully saturated rings. The van der Waals surface area contributed by atoms with Crippen LogP contribution < -0.4 is 10.6 Å². The highest BCUT2D eigenvalue weighted by atomic mass is 32.1. The molecule has 2 N–H and O–H groups in total. The van der Waals surface area contributed by atoms with Crippen molar-refractivity contribution in [3.63, 3.8) is 0 Å². The molecule has 0 atom stereocenters. The molecule has 9 heteroatoms. The molecule has 0 radical (unpaired) electrons. The second kappa shape index (κ2) is 6.75. The lowest BCUT2D eigenvalue weighted by Crippen LogP contribution is -2.20. The van der Waals surface area contributed by atoms with Gasteiger partial charge in [0.05, 0.1) is 18.5 Å². The third-order valence-corrected chi connectivity index (χ3v) is 3.34. The van der Waals surface area contributed by atoms with Gasteiger partial charge in [-0.2, -0.15) is 0 Å². The van der Waals surface area contributed by atoms with E-state index in [4.69, 9.17) is 4.74 Å². The van der Waals surface area contributed by atoms with Gasteiger partial charge in [-0.25, -0.2) is 19.6 Å². The summed E-state index contributed by atoms with van der Waals surface area (Å²) in [6.45, 7) is 3.68. The topological polar surface area (TPSA) is 106 Å². The first-order chi connectivity index (χ1) is 10.1. The minimum absolute atomic E-state index is 0.284. The number of ether oxygens (including phenoxy) is 1. The average Bonchev–Trinajstić information content (AvgIpc) is 2.80. The summed E-state index contributed by atoms with van der Waals surface area (Å²) in [5.74, 6) is -0.135. The normalized spacial score (nSPS) is 10.0. The molecule has 2 rings (SSSR count). The van der Waals surface area contributed by atoms with Gasteiger partial charge >= 0.3 is 12.0 Å². The predicted octanol–water partition coefficient (Wildman–Crippen LogP) is 2.06. The van der Waals surface area contributed by atoms with E-state index in [2.05, 4.69) is 25.6 Å². The fourth-order valence-electron chi connectivity index (χ4n) is 1.44. The summed E-state index contributed by atoms with van der Waals surface area (Å²) in [5, 5.41) is 5.33.